The molecule has 0 aliphatic heterocycles. The number of amides is 1. The van der Waals surface area contributed by atoms with Gasteiger partial charge < -0.3 is 15.8 Å². The molecule has 2 aromatic carbocycles. The molecule has 0 saturated heterocycles. The van der Waals surface area contributed by atoms with Crippen molar-refractivity contribution in [2.24, 2.45) is 0 Å². The number of carbonyl (C=O) groups is 1. The van der Waals surface area contributed by atoms with Gasteiger partial charge in [0.25, 0.3) is 5.91 Å². The molecule has 0 unspecified atom stereocenters. The fourth-order valence-corrected chi connectivity index (χ4v) is 1.90. The molecule has 0 fully saturated rings. The maximum atomic E-state index is 12.8. The number of nitrogen functional groups attached to an aromatic ring is 1. The molecule has 0 aromatic heterocycles. The Bertz CT molecular complexity index is 642. The molecule has 0 atom stereocenters. The van der Waals surface area contributed by atoms with Crippen molar-refractivity contribution in [2.45, 2.75) is 19.9 Å². The third-order valence-electron chi connectivity index (χ3n) is 3.10. The first kappa shape index (κ1) is 15.8. The van der Waals surface area contributed by atoms with Crippen LogP contribution >= 0.6 is 0 Å². The fourth-order valence-electron chi connectivity index (χ4n) is 1.90. The summed E-state index contributed by atoms with van der Waals surface area (Å²) in [5.41, 5.74) is 7.62. The summed E-state index contributed by atoms with van der Waals surface area (Å²) in [6.45, 7) is 2.87. The van der Waals surface area contributed by atoms with Crippen molar-refractivity contribution in [3.8, 4) is 5.75 Å². The lowest BCUT2D eigenvalue weighted by Crippen LogP contribution is -2.22. The summed E-state index contributed by atoms with van der Waals surface area (Å²) in [6, 6.07) is 10.9. The van der Waals surface area contributed by atoms with Crippen LogP contribution in [0.15, 0.2) is 42.5 Å². The van der Waals surface area contributed by atoms with E-state index >= 15 is 0 Å². The number of hydrogen-bond donors (Lipinski definition) is 2. The van der Waals surface area contributed by atoms with Gasteiger partial charge in [-0.3, -0.25) is 4.79 Å². The maximum Gasteiger partial charge on any atom is 0.251 e. The first-order valence-electron chi connectivity index (χ1n) is 7.15. The molecule has 2 rings (SSSR count). The van der Waals surface area contributed by atoms with Crippen molar-refractivity contribution in [1.82, 2.24) is 5.32 Å². The Kier molecular flexibility index (Phi) is 5.36. The molecule has 2 aromatic rings. The number of nitrogens with one attached hydrogen (secondary N) is 1. The molecule has 0 spiro atoms. The summed E-state index contributed by atoms with van der Waals surface area (Å²) >= 11 is 0. The van der Waals surface area contributed by atoms with Gasteiger partial charge in [-0.1, -0.05) is 19.1 Å². The maximum absolute atomic E-state index is 12.8. The fraction of sp³-hybridized carbons (Fsp3) is 0.235. The van der Waals surface area contributed by atoms with Gasteiger partial charge in [-0.25, -0.2) is 4.39 Å². The van der Waals surface area contributed by atoms with E-state index in [1.807, 2.05) is 6.92 Å². The van der Waals surface area contributed by atoms with E-state index in [0.29, 0.717) is 30.2 Å². The molecule has 0 radical (unpaired) electrons. The van der Waals surface area contributed by atoms with Crippen molar-refractivity contribution < 1.29 is 13.9 Å². The Balaban J connectivity index is 2.01. The van der Waals surface area contributed by atoms with Gasteiger partial charge in [0.1, 0.15) is 11.6 Å². The van der Waals surface area contributed by atoms with Gasteiger partial charge in [0.2, 0.25) is 0 Å². The van der Waals surface area contributed by atoms with Crippen LogP contribution in [-0.2, 0) is 6.54 Å². The number of ether oxygens (including phenoxy) is 1. The Morgan fingerprint density at radius 1 is 1.23 bits per heavy atom. The minimum Gasteiger partial charge on any atom is -0.491 e. The molecule has 0 aliphatic rings. The van der Waals surface area contributed by atoms with Crippen LogP contribution in [0.5, 0.6) is 5.75 Å². The van der Waals surface area contributed by atoms with Gasteiger partial charge in [-0.2, -0.15) is 0 Å². The number of halogens is 1. The summed E-state index contributed by atoms with van der Waals surface area (Å²) in [6.07, 6.45) is 0.862. The highest BCUT2D eigenvalue weighted by atomic mass is 19.1. The topological polar surface area (TPSA) is 64.3 Å². The van der Waals surface area contributed by atoms with E-state index in [9.17, 15) is 9.18 Å². The van der Waals surface area contributed by atoms with Gasteiger partial charge >= 0.3 is 0 Å². The van der Waals surface area contributed by atoms with E-state index in [0.717, 1.165) is 12.0 Å². The largest absolute Gasteiger partial charge is 0.491 e. The molecular formula is C17H19FN2O2. The van der Waals surface area contributed by atoms with Gasteiger partial charge in [-0.05, 0) is 42.3 Å². The lowest BCUT2D eigenvalue weighted by Gasteiger charge is -2.10. The van der Waals surface area contributed by atoms with Crippen LogP contribution in [0.1, 0.15) is 29.3 Å². The predicted molar refractivity (Wildman–Crippen MR) is 84.2 cm³/mol. The summed E-state index contributed by atoms with van der Waals surface area (Å²) in [4.78, 5) is 12.1. The second-order valence-electron chi connectivity index (χ2n) is 4.91. The van der Waals surface area contributed by atoms with E-state index in [2.05, 4.69) is 5.32 Å². The predicted octanol–water partition coefficient (Wildman–Crippen LogP) is 3.13. The zero-order chi connectivity index (χ0) is 15.9. The first-order valence-corrected chi connectivity index (χ1v) is 7.15. The first-order chi connectivity index (χ1) is 10.6. The Labute approximate surface area is 129 Å². The number of benzene rings is 2. The van der Waals surface area contributed by atoms with Crippen LogP contribution < -0.4 is 15.8 Å². The standard InChI is InChI=1S/C17H19FN2O2/c1-2-9-22-16-10-13(5-8-15(16)19)17(21)20-11-12-3-6-14(18)7-4-12/h3-8,10H,2,9,11,19H2,1H3,(H,20,21). The number of carbonyl (C=O) groups excluding carboxylic acids is 1. The van der Waals surface area contributed by atoms with Crippen LogP contribution in [0.25, 0.3) is 0 Å². The number of nitrogens with two attached hydrogens (primary N) is 1. The van der Waals surface area contributed by atoms with Crippen LogP contribution in [0, 0.1) is 5.82 Å². The molecule has 3 N–H and O–H groups in total. The van der Waals surface area contributed by atoms with Crippen molar-refractivity contribution in [1.29, 1.82) is 0 Å². The highest BCUT2D eigenvalue weighted by Gasteiger charge is 2.09. The van der Waals surface area contributed by atoms with E-state index < -0.39 is 0 Å². The molecule has 116 valence electrons. The summed E-state index contributed by atoms with van der Waals surface area (Å²) in [5, 5.41) is 2.78. The Morgan fingerprint density at radius 2 is 1.95 bits per heavy atom. The monoisotopic (exact) mass is 302 g/mol. The smallest absolute Gasteiger partial charge is 0.251 e. The van der Waals surface area contributed by atoms with E-state index in [1.54, 1.807) is 30.3 Å². The SMILES string of the molecule is CCCOc1cc(C(=O)NCc2ccc(F)cc2)ccc1N. The zero-order valence-corrected chi connectivity index (χ0v) is 12.4. The van der Waals surface area contributed by atoms with Crippen molar-refractivity contribution in [3.63, 3.8) is 0 Å². The molecule has 4 nitrogen and oxygen atoms in total. The summed E-state index contributed by atoms with van der Waals surface area (Å²) < 4.78 is 18.3. The van der Waals surface area contributed by atoms with Gasteiger partial charge in [0.15, 0.2) is 0 Å². The number of anilines is 1. The normalized spacial score (nSPS) is 10.3. The average Bonchev–Trinajstić information content (AvgIpc) is 2.53. The van der Waals surface area contributed by atoms with Gasteiger partial charge in [0.05, 0.1) is 12.3 Å². The zero-order valence-electron chi connectivity index (χ0n) is 12.4. The lowest BCUT2D eigenvalue weighted by molar-refractivity contribution is 0.0950. The molecule has 0 aliphatic carbocycles. The molecular weight excluding hydrogens is 283 g/mol. The van der Waals surface area contributed by atoms with E-state index in [4.69, 9.17) is 10.5 Å². The minimum atomic E-state index is -0.300. The Hall–Kier alpha value is -2.56. The van der Waals surface area contributed by atoms with Crippen molar-refractivity contribution in [3.05, 3.63) is 59.4 Å². The third-order valence-corrected chi connectivity index (χ3v) is 3.10. The third kappa shape index (κ3) is 4.22. The molecule has 0 bridgehead atoms. The summed E-state index contributed by atoms with van der Waals surface area (Å²) in [7, 11) is 0. The number of rotatable bonds is 6. The quantitative estimate of drug-likeness (QED) is 0.806. The van der Waals surface area contributed by atoms with E-state index in [-0.39, 0.29) is 11.7 Å². The lowest BCUT2D eigenvalue weighted by atomic mass is 10.1. The second-order valence-corrected chi connectivity index (χ2v) is 4.91. The van der Waals surface area contributed by atoms with Crippen LogP contribution in [-0.4, -0.2) is 12.5 Å². The van der Waals surface area contributed by atoms with Crippen molar-refractivity contribution >= 4 is 11.6 Å². The summed E-state index contributed by atoms with van der Waals surface area (Å²) in [5.74, 6) is -0.0201. The highest BCUT2D eigenvalue weighted by molar-refractivity contribution is 5.95. The van der Waals surface area contributed by atoms with Crippen LogP contribution in [0.3, 0.4) is 0 Å². The number of hydrogen-bond acceptors (Lipinski definition) is 3. The highest BCUT2D eigenvalue weighted by Crippen LogP contribution is 2.23. The van der Waals surface area contributed by atoms with E-state index in [1.165, 1.54) is 12.1 Å². The molecule has 1 amide bonds. The van der Waals surface area contributed by atoms with Crippen LogP contribution in [0.4, 0.5) is 10.1 Å². The molecule has 0 heterocycles. The molecule has 0 saturated carbocycles. The van der Waals surface area contributed by atoms with Crippen molar-refractivity contribution in [2.75, 3.05) is 12.3 Å². The minimum absolute atomic E-state index is 0.231. The van der Waals surface area contributed by atoms with Gasteiger partial charge in [0, 0.05) is 12.1 Å². The second kappa shape index (κ2) is 7.45. The van der Waals surface area contributed by atoms with Gasteiger partial charge in [-0.15, -0.1) is 0 Å². The Morgan fingerprint density at radius 3 is 2.64 bits per heavy atom. The average molecular weight is 302 g/mol. The molecule has 22 heavy (non-hydrogen) atoms. The molecule has 5 heteroatoms. The van der Waals surface area contributed by atoms with Crippen LogP contribution in [0.2, 0.25) is 0 Å².